The van der Waals surface area contributed by atoms with E-state index in [2.05, 4.69) is 34.6 Å². The van der Waals surface area contributed by atoms with Gasteiger partial charge in [0, 0.05) is 12.5 Å². The molecule has 0 bridgehead atoms. The third-order valence-corrected chi connectivity index (χ3v) is 5.65. The maximum atomic E-state index is 12.1. The third kappa shape index (κ3) is 4.05. The number of carboxylic acids is 1. The van der Waals surface area contributed by atoms with Gasteiger partial charge in [-0.1, -0.05) is 54.6 Å². The first-order chi connectivity index (χ1) is 14.1. The SMILES string of the molecule is O=C(NCC=Cc1ncc(C(=O)O)s1)OCC1c2ccccc2-c2ccccc21. The minimum Gasteiger partial charge on any atom is -0.477 e. The molecule has 2 N–H and O–H groups in total. The molecule has 1 heterocycles. The standard InChI is InChI=1S/C22H18N2O4S/c25-21(26)19-12-24-20(29-19)10-5-11-23-22(27)28-13-18-16-8-3-1-6-14(16)15-7-2-4-9-17(15)18/h1-10,12,18H,11,13H2,(H,23,27)(H,25,26). The average molecular weight is 406 g/mol. The molecule has 0 fully saturated rings. The van der Waals surface area contributed by atoms with Crippen LogP contribution in [0.5, 0.6) is 0 Å². The highest BCUT2D eigenvalue weighted by molar-refractivity contribution is 7.14. The van der Waals surface area contributed by atoms with E-state index in [0.29, 0.717) is 5.01 Å². The Labute approximate surface area is 171 Å². The molecule has 3 aromatic rings. The molecule has 0 atom stereocenters. The van der Waals surface area contributed by atoms with Gasteiger partial charge in [0.15, 0.2) is 0 Å². The molecule has 0 aliphatic heterocycles. The van der Waals surface area contributed by atoms with Gasteiger partial charge >= 0.3 is 12.1 Å². The molecule has 0 saturated carbocycles. The number of fused-ring (bicyclic) bond motifs is 3. The van der Waals surface area contributed by atoms with Crippen LogP contribution in [-0.2, 0) is 4.74 Å². The van der Waals surface area contributed by atoms with Crippen molar-refractivity contribution in [2.75, 3.05) is 13.2 Å². The smallest absolute Gasteiger partial charge is 0.407 e. The van der Waals surface area contributed by atoms with Gasteiger partial charge in [0.1, 0.15) is 16.5 Å². The summed E-state index contributed by atoms with van der Waals surface area (Å²) in [6, 6.07) is 16.3. The van der Waals surface area contributed by atoms with Crippen molar-refractivity contribution in [3.8, 4) is 11.1 Å². The molecule has 1 aliphatic carbocycles. The lowest BCUT2D eigenvalue weighted by molar-refractivity contribution is 0.0702. The molecule has 0 radical (unpaired) electrons. The lowest BCUT2D eigenvalue weighted by Gasteiger charge is -2.14. The van der Waals surface area contributed by atoms with E-state index in [1.165, 1.54) is 28.5 Å². The number of thiazole rings is 1. The van der Waals surface area contributed by atoms with E-state index in [-0.39, 0.29) is 23.9 Å². The Bertz CT molecular complexity index is 1040. The molecular weight excluding hydrogens is 388 g/mol. The van der Waals surface area contributed by atoms with Crippen LogP contribution >= 0.6 is 11.3 Å². The van der Waals surface area contributed by atoms with Gasteiger partial charge in [-0.3, -0.25) is 0 Å². The second-order valence-electron chi connectivity index (χ2n) is 6.48. The molecule has 4 rings (SSSR count). The fourth-order valence-electron chi connectivity index (χ4n) is 3.41. The molecule has 1 aliphatic rings. The number of benzene rings is 2. The Hall–Kier alpha value is -3.45. The maximum absolute atomic E-state index is 12.1. The summed E-state index contributed by atoms with van der Waals surface area (Å²) in [5.74, 6) is -0.979. The predicted molar refractivity (Wildman–Crippen MR) is 111 cm³/mol. The van der Waals surface area contributed by atoms with Crippen molar-refractivity contribution < 1.29 is 19.4 Å². The summed E-state index contributed by atoms with van der Waals surface area (Å²) >= 11 is 1.07. The van der Waals surface area contributed by atoms with E-state index in [1.807, 2.05) is 24.3 Å². The Kier molecular flexibility index (Phi) is 5.39. The molecule has 0 saturated heterocycles. The van der Waals surface area contributed by atoms with Crippen LogP contribution < -0.4 is 5.32 Å². The van der Waals surface area contributed by atoms with Crippen LogP contribution in [0.1, 0.15) is 31.7 Å². The van der Waals surface area contributed by atoms with Crippen molar-refractivity contribution >= 4 is 29.5 Å². The van der Waals surface area contributed by atoms with E-state index in [9.17, 15) is 9.59 Å². The van der Waals surface area contributed by atoms with Crippen LogP contribution in [0.2, 0.25) is 0 Å². The zero-order valence-corrected chi connectivity index (χ0v) is 16.2. The third-order valence-electron chi connectivity index (χ3n) is 4.70. The summed E-state index contributed by atoms with van der Waals surface area (Å²) in [7, 11) is 0. The first-order valence-electron chi connectivity index (χ1n) is 9.08. The minimum absolute atomic E-state index is 0.0217. The first-order valence-corrected chi connectivity index (χ1v) is 9.89. The van der Waals surface area contributed by atoms with Crippen LogP contribution in [0.15, 0.2) is 60.8 Å². The highest BCUT2D eigenvalue weighted by Crippen LogP contribution is 2.44. The summed E-state index contributed by atoms with van der Waals surface area (Å²) in [5.41, 5.74) is 4.70. The van der Waals surface area contributed by atoms with Crippen molar-refractivity contribution in [1.29, 1.82) is 0 Å². The van der Waals surface area contributed by atoms with Crippen molar-refractivity contribution in [2.24, 2.45) is 0 Å². The average Bonchev–Trinajstić information content (AvgIpc) is 3.33. The van der Waals surface area contributed by atoms with E-state index in [1.54, 1.807) is 12.2 Å². The maximum Gasteiger partial charge on any atom is 0.407 e. The van der Waals surface area contributed by atoms with Gasteiger partial charge in [-0.25, -0.2) is 14.6 Å². The van der Waals surface area contributed by atoms with Gasteiger partial charge in [-0.2, -0.15) is 0 Å². The number of amides is 1. The second kappa shape index (κ2) is 8.28. The van der Waals surface area contributed by atoms with Crippen molar-refractivity contribution in [3.63, 3.8) is 0 Å². The number of nitrogens with one attached hydrogen (secondary N) is 1. The monoisotopic (exact) mass is 406 g/mol. The summed E-state index contributed by atoms with van der Waals surface area (Å²) in [6.45, 7) is 0.524. The number of alkyl carbamates (subject to hydrolysis) is 1. The van der Waals surface area contributed by atoms with Crippen LogP contribution in [0.3, 0.4) is 0 Å². The van der Waals surface area contributed by atoms with Crippen molar-refractivity contribution in [3.05, 3.63) is 81.8 Å². The van der Waals surface area contributed by atoms with Gasteiger partial charge in [0.2, 0.25) is 0 Å². The molecule has 1 amide bonds. The van der Waals surface area contributed by atoms with Gasteiger partial charge < -0.3 is 15.2 Å². The minimum atomic E-state index is -1.00. The Morgan fingerprint density at radius 1 is 1.10 bits per heavy atom. The number of hydrogen-bond donors (Lipinski definition) is 2. The molecule has 29 heavy (non-hydrogen) atoms. The summed E-state index contributed by atoms with van der Waals surface area (Å²) in [6.07, 6.45) is 4.18. The number of aromatic carboxylic acids is 1. The molecule has 7 heteroatoms. The number of aromatic nitrogens is 1. The Morgan fingerprint density at radius 3 is 2.38 bits per heavy atom. The Morgan fingerprint density at radius 2 is 1.76 bits per heavy atom. The fourth-order valence-corrected chi connectivity index (χ4v) is 4.10. The molecule has 0 spiro atoms. The molecule has 146 valence electrons. The summed E-state index contributed by atoms with van der Waals surface area (Å²) in [5, 5.41) is 12.1. The van der Waals surface area contributed by atoms with Gasteiger partial charge in [-0.15, -0.1) is 11.3 Å². The predicted octanol–water partition coefficient (Wildman–Crippen LogP) is 4.39. The highest BCUT2D eigenvalue weighted by atomic mass is 32.1. The van der Waals surface area contributed by atoms with E-state index >= 15 is 0 Å². The molecule has 1 aromatic heterocycles. The second-order valence-corrected chi connectivity index (χ2v) is 7.54. The number of hydrogen-bond acceptors (Lipinski definition) is 5. The topological polar surface area (TPSA) is 88.5 Å². The fraction of sp³-hybridized carbons (Fsp3) is 0.136. The number of nitrogens with zero attached hydrogens (tertiary/aromatic N) is 1. The normalized spacial score (nSPS) is 12.6. The molecule has 6 nitrogen and oxygen atoms in total. The van der Waals surface area contributed by atoms with Crippen molar-refractivity contribution in [1.82, 2.24) is 10.3 Å². The lowest BCUT2D eigenvalue weighted by atomic mass is 9.98. The van der Waals surface area contributed by atoms with Gasteiger partial charge in [0.05, 0.1) is 6.20 Å². The van der Waals surface area contributed by atoms with Gasteiger partial charge in [0.25, 0.3) is 0 Å². The lowest BCUT2D eigenvalue weighted by Crippen LogP contribution is -2.26. The number of carbonyl (C=O) groups is 2. The Balaban J connectivity index is 1.32. The number of rotatable bonds is 6. The quantitative estimate of drug-likeness (QED) is 0.634. The largest absolute Gasteiger partial charge is 0.477 e. The zero-order chi connectivity index (χ0) is 20.2. The molecule has 2 aromatic carbocycles. The first kappa shape index (κ1) is 18.9. The highest BCUT2D eigenvalue weighted by Gasteiger charge is 2.28. The summed E-state index contributed by atoms with van der Waals surface area (Å²) in [4.78, 5) is 27.1. The van der Waals surface area contributed by atoms with Crippen LogP contribution in [0, 0.1) is 0 Å². The van der Waals surface area contributed by atoms with Crippen LogP contribution in [0.4, 0.5) is 4.79 Å². The van der Waals surface area contributed by atoms with E-state index < -0.39 is 12.1 Å². The number of ether oxygens (including phenoxy) is 1. The zero-order valence-electron chi connectivity index (χ0n) is 15.4. The number of carboxylic acid groups (broad SMARTS) is 1. The van der Waals surface area contributed by atoms with Crippen LogP contribution in [0.25, 0.3) is 17.2 Å². The molecule has 0 unspecified atom stereocenters. The van der Waals surface area contributed by atoms with Gasteiger partial charge in [-0.05, 0) is 28.3 Å². The van der Waals surface area contributed by atoms with E-state index in [4.69, 9.17) is 9.84 Å². The van der Waals surface area contributed by atoms with E-state index in [0.717, 1.165) is 11.3 Å². The summed E-state index contributed by atoms with van der Waals surface area (Å²) < 4.78 is 5.45. The van der Waals surface area contributed by atoms with Crippen LogP contribution in [-0.4, -0.2) is 35.3 Å². The van der Waals surface area contributed by atoms with Crippen molar-refractivity contribution in [2.45, 2.75) is 5.92 Å². The number of carbonyl (C=O) groups excluding carboxylic acids is 1. The molecular formula is C22H18N2O4S.